The van der Waals surface area contributed by atoms with Gasteiger partial charge in [0.25, 0.3) is 5.56 Å². The summed E-state index contributed by atoms with van der Waals surface area (Å²) in [6.45, 7) is 3.42. The quantitative estimate of drug-likeness (QED) is 0.424. The number of amides is 1. The van der Waals surface area contributed by atoms with Gasteiger partial charge in [-0.15, -0.1) is 0 Å². The average Bonchev–Trinajstić information content (AvgIpc) is 3.17. The molecule has 0 spiro atoms. The first kappa shape index (κ1) is 21.9. The van der Waals surface area contributed by atoms with E-state index in [1.807, 2.05) is 0 Å². The first-order chi connectivity index (χ1) is 15.5. The van der Waals surface area contributed by atoms with Crippen LogP contribution < -0.4 is 21.5 Å². The number of hydrogen-bond acceptors (Lipinski definition) is 6. The Morgan fingerprint density at radius 1 is 1.31 bits per heavy atom. The molecule has 4 heterocycles. The predicted octanol–water partition coefficient (Wildman–Crippen LogP) is 1.83. The monoisotopic (exact) mass is 441 g/mol. The van der Waals surface area contributed by atoms with Crippen LogP contribution in [0.2, 0.25) is 0 Å². The van der Waals surface area contributed by atoms with E-state index in [1.54, 1.807) is 19.2 Å². The Bertz CT molecular complexity index is 1150. The third-order valence-corrected chi connectivity index (χ3v) is 5.79. The molecule has 9 nitrogen and oxygen atoms in total. The van der Waals surface area contributed by atoms with Crippen LogP contribution in [0, 0.1) is 12.7 Å². The lowest BCUT2D eigenvalue weighted by atomic mass is 10.0. The molecule has 1 saturated heterocycles. The number of carbonyl (C=O) groups excluding carboxylic acids is 1. The predicted molar refractivity (Wildman–Crippen MR) is 120 cm³/mol. The average molecular weight is 442 g/mol. The van der Waals surface area contributed by atoms with E-state index >= 15 is 0 Å². The Morgan fingerprint density at radius 3 is 3.00 bits per heavy atom. The molecular weight excluding hydrogens is 413 g/mol. The zero-order valence-electron chi connectivity index (χ0n) is 18.1. The van der Waals surface area contributed by atoms with E-state index in [-0.39, 0.29) is 36.2 Å². The Hall–Kier alpha value is -3.27. The van der Waals surface area contributed by atoms with Crippen LogP contribution in [-0.4, -0.2) is 44.6 Å². The Morgan fingerprint density at radius 2 is 2.19 bits per heavy atom. The highest BCUT2D eigenvalue weighted by molar-refractivity contribution is 5.80. The van der Waals surface area contributed by atoms with Gasteiger partial charge in [0.05, 0.1) is 24.0 Å². The molecule has 1 fully saturated rings. The number of halogens is 1. The van der Waals surface area contributed by atoms with Crippen molar-refractivity contribution in [3.63, 3.8) is 0 Å². The van der Waals surface area contributed by atoms with Crippen molar-refractivity contribution in [1.29, 1.82) is 0 Å². The van der Waals surface area contributed by atoms with E-state index in [2.05, 4.69) is 30.9 Å². The van der Waals surface area contributed by atoms with Gasteiger partial charge in [0.2, 0.25) is 5.91 Å². The highest BCUT2D eigenvalue weighted by Gasteiger charge is 2.14. The SMILES string of the molecule is Cc1cnc(NCCC2CCCCN2)c(=O)n1CC(=O)NCc1cc2c(F)c[nH]c2cn1. The van der Waals surface area contributed by atoms with Crippen LogP contribution >= 0.6 is 0 Å². The fourth-order valence-electron chi connectivity index (χ4n) is 3.94. The van der Waals surface area contributed by atoms with Crippen molar-refractivity contribution >= 4 is 22.6 Å². The number of carbonyl (C=O) groups is 1. The van der Waals surface area contributed by atoms with Crippen molar-refractivity contribution in [2.75, 3.05) is 18.4 Å². The van der Waals surface area contributed by atoms with Gasteiger partial charge in [-0.05, 0) is 38.8 Å². The normalized spacial score (nSPS) is 16.2. The van der Waals surface area contributed by atoms with Gasteiger partial charge in [-0.3, -0.25) is 19.1 Å². The number of aromatic amines is 1. The summed E-state index contributed by atoms with van der Waals surface area (Å²) in [7, 11) is 0. The van der Waals surface area contributed by atoms with Gasteiger partial charge in [-0.2, -0.15) is 0 Å². The molecule has 1 aliphatic heterocycles. The number of rotatable bonds is 8. The largest absolute Gasteiger partial charge is 0.365 e. The van der Waals surface area contributed by atoms with Gasteiger partial charge in [-0.25, -0.2) is 9.37 Å². The molecule has 1 unspecified atom stereocenters. The molecule has 1 amide bonds. The second-order valence-corrected chi connectivity index (χ2v) is 8.14. The minimum absolute atomic E-state index is 0.132. The third kappa shape index (κ3) is 5.13. The molecule has 1 atom stereocenters. The van der Waals surface area contributed by atoms with Crippen LogP contribution in [0.1, 0.15) is 37.1 Å². The number of hydrogen-bond donors (Lipinski definition) is 4. The minimum Gasteiger partial charge on any atom is -0.365 e. The standard InChI is InChI=1S/C22H28FN7O2/c1-14-9-29-21(25-7-5-15-4-2-3-6-24-15)22(32)30(14)13-20(31)28-10-16-8-17-18(23)11-27-19(17)12-26-16/h8-9,11-12,15,24,27H,2-7,10,13H2,1H3,(H,25,29)(H,28,31). The van der Waals surface area contributed by atoms with Crippen LogP contribution in [0.25, 0.3) is 10.9 Å². The number of nitrogens with one attached hydrogen (secondary N) is 4. The molecule has 1 aliphatic rings. The molecular formula is C22H28FN7O2. The van der Waals surface area contributed by atoms with Gasteiger partial charge in [0, 0.05) is 36.1 Å². The van der Waals surface area contributed by atoms with Crippen molar-refractivity contribution in [3.05, 3.63) is 52.2 Å². The van der Waals surface area contributed by atoms with Crippen molar-refractivity contribution in [2.45, 2.75) is 51.7 Å². The highest BCUT2D eigenvalue weighted by Crippen LogP contribution is 2.16. The lowest BCUT2D eigenvalue weighted by Gasteiger charge is -2.23. The van der Waals surface area contributed by atoms with E-state index < -0.39 is 0 Å². The molecule has 4 rings (SSSR count). The molecule has 32 heavy (non-hydrogen) atoms. The first-order valence-electron chi connectivity index (χ1n) is 10.9. The zero-order valence-corrected chi connectivity index (χ0v) is 18.1. The fourth-order valence-corrected chi connectivity index (χ4v) is 3.94. The number of aryl methyl sites for hydroxylation is 1. The summed E-state index contributed by atoms with van der Waals surface area (Å²) < 4.78 is 15.1. The number of nitrogens with zero attached hydrogens (tertiary/aromatic N) is 3. The summed E-state index contributed by atoms with van der Waals surface area (Å²) in [4.78, 5) is 36.5. The van der Waals surface area contributed by atoms with Crippen molar-refractivity contribution < 1.29 is 9.18 Å². The summed E-state index contributed by atoms with van der Waals surface area (Å²) in [5, 5.41) is 9.76. The van der Waals surface area contributed by atoms with Gasteiger partial charge < -0.3 is 20.9 Å². The van der Waals surface area contributed by atoms with E-state index in [0.29, 0.717) is 34.9 Å². The molecule has 3 aromatic heterocycles. The number of H-pyrrole nitrogens is 1. The molecule has 0 radical (unpaired) electrons. The minimum atomic E-state index is -0.367. The molecule has 0 aromatic carbocycles. The van der Waals surface area contributed by atoms with Crippen molar-refractivity contribution in [1.82, 2.24) is 30.2 Å². The van der Waals surface area contributed by atoms with Gasteiger partial charge in [-0.1, -0.05) is 6.42 Å². The van der Waals surface area contributed by atoms with E-state index in [1.165, 1.54) is 29.8 Å². The smallest absolute Gasteiger partial charge is 0.293 e. The number of pyridine rings is 1. The van der Waals surface area contributed by atoms with Gasteiger partial charge in [0.1, 0.15) is 12.4 Å². The maximum atomic E-state index is 13.7. The molecule has 0 aliphatic carbocycles. The maximum absolute atomic E-state index is 13.7. The maximum Gasteiger partial charge on any atom is 0.293 e. The highest BCUT2D eigenvalue weighted by atomic mass is 19.1. The molecule has 3 aromatic rings. The van der Waals surface area contributed by atoms with Crippen LogP contribution in [0.3, 0.4) is 0 Å². The number of aromatic nitrogens is 4. The Kier molecular flexibility index (Phi) is 6.79. The number of anilines is 1. The van der Waals surface area contributed by atoms with Crippen molar-refractivity contribution in [2.24, 2.45) is 0 Å². The third-order valence-electron chi connectivity index (χ3n) is 5.79. The molecule has 0 bridgehead atoms. The molecule has 0 saturated carbocycles. The van der Waals surface area contributed by atoms with E-state index in [4.69, 9.17) is 0 Å². The van der Waals surface area contributed by atoms with Crippen molar-refractivity contribution in [3.8, 4) is 0 Å². The number of fused-ring (bicyclic) bond motifs is 1. The van der Waals surface area contributed by atoms with E-state index in [0.717, 1.165) is 19.4 Å². The number of piperidine rings is 1. The molecule has 4 N–H and O–H groups in total. The lowest BCUT2D eigenvalue weighted by molar-refractivity contribution is -0.121. The summed E-state index contributed by atoms with van der Waals surface area (Å²) in [5.74, 6) is -0.460. The summed E-state index contributed by atoms with van der Waals surface area (Å²) in [6.07, 6.45) is 8.87. The van der Waals surface area contributed by atoms with E-state index in [9.17, 15) is 14.0 Å². The van der Waals surface area contributed by atoms with Crippen LogP contribution in [0.4, 0.5) is 10.2 Å². The zero-order chi connectivity index (χ0) is 22.5. The summed E-state index contributed by atoms with van der Waals surface area (Å²) >= 11 is 0. The molecule has 170 valence electrons. The van der Waals surface area contributed by atoms with Crippen LogP contribution in [0.15, 0.2) is 29.5 Å². The second-order valence-electron chi connectivity index (χ2n) is 8.14. The first-order valence-corrected chi connectivity index (χ1v) is 10.9. The second kappa shape index (κ2) is 9.90. The Balaban J connectivity index is 1.34. The topological polar surface area (TPSA) is 117 Å². The van der Waals surface area contributed by atoms with Gasteiger partial charge in [0.15, 0.2) is 5.82 Å². The van der Waals surface area contributed by atoms with Crippen LogP contribution in [0.5, 0.6) is 0 Å². The molecule has 10 heteroatoms. The Labute approximate surface area is 184 Å². The fraction of sp³-hybridized carbons (Fsp3) is 0.455. The van der Waals surface area contributed by atoms with Gasteiger partial charge >= 0.3 is 0 Å². The summed E-state index contributed by atoms with van der Waals surface area (Å²) in [6, 6.07) is 2.05. The lowest BCUT2D eigenvalue weighted by Crippen LogP contribution is -2.36. The van der Waals surface area contributed by atoms with Crippen LogP contribution in [-0.2, 0) is 17.9 Å². The summed E-state index contributed by atoms with van der Waals surface area (Å²) in [5.41, 5.74) is 1.39.